The van der Waals surface area contributed by atoms with Crippen LogP contribution < -0.4 is 10.6 Å². The largest absolute Gasteiger partial charge is 0.373 e. The first kappa shape index (κ1) is 19.2. The van der Waals surface area contributed by atoms with Crippen LogP contribution in [0.15, 0.2) is 48.0 Å². The SMILES string of the molecule is CN=C(NCc1cccc(Cn2ccnc2)c1)NC1CC2CCC1O2.I. The van der Waals surface area contributed by atoms with Crippen LogP contribution in [-0.4, -0.2) is 40.8 Å². The standard InChI is InChI=1S/C19H25N5O.HI/c1-20-19(23-17-10-16-5-6-18(17)25-16)22-11-14-3-2-4-15(9-14)12-24-8-7-21-13-24;/h2-4,7-9,13,16-18H,5-6,10-12H2,1H3,(H2,20,22,23);1H. The number of rotatable bonds is 5. The van der Waals surface area contributed by atoms with E-state index in [2.05, 4.69) is 49.4 Å². The lowest BCUT2D eigenvalue weighted by Crippen LogP contribution is -2.47. The predicted molar refractivity (Wildman–Crippen MR) is 113 cm³/mol. The molecule has 2 N–H and O–H groups in total. The molecule has 2 fully saturated rings. The van der Waals surface area contributed by atoms with Crippen molar-refractivity contribution in [3.63, 3.8) is 0 Å². The number of ether oxygens (including phenoxy) is 1. The molecule has 0 saturated carbocycles. The monoisotopic (exact) mass is 467 g/mol. The molecule has 2 saturated heterocycles. The Morgan fingerprint density at radius 2 is 2.23 bits per heavy atom. The molecule has 3 unspecified atom stereocenters. The number of imidazole rings is 1. The lowest BCUT2D eigenvalue weighted by molar-refractivity contribution is 0.0992. The minimum atomic E-state index is 0. The second kappa shape index (κ2) is 8.85. The summed E-state index contributed by atoms with van der Waals surface area (Å²) in [5.41, 5.74) is 2.51. The Labute approximate surface area is 171 Å². The van der Waals surface area contributed by atoms with Crippen LogP contribution in [0.25, 0.3) is 0 Å². The third-order valence-electron chi connectivity index (χ3n) is 5.03. The van der Waals surface area contributed by atoms with Crippen molar-refractivity contribution in [3.05, 3.63) is 54.1 Å². The summed E-state index contributed by atoms with van der Waals surface area (Å²) in [6.07, 6.45) is 9.88. The molecule has 0 radical (unpaired) electrons. The highest BCUT2D eigenvalue weighted by Gasteiger charge is 2.41. The first-order valence-corrected chi connectivity index (χ1v) is 8.96. The Morgan fingerprint density at radius 1 is 1.35 bits per heavy atom. The van der Waals surface area contributed by atoms with Gasteiger partial charge in [0.2, 0.25) is 0 Å². The number of nitrogens with zero attached hydrogens (tertiary/aromatic N) is 3. The van der Waals surface area contributed by atoms with Crippen molar-refractivity contribution in [1.82, 2.24) is 20.2 Å². The molecule has 0 amide bonds. The molecule has 4 rings (SSSR count). The van der Waals surface area contributed by atoms with Crippen molar-refractivity contribution in [2.75, 3.05) is 7.05 Å². The summed E-state index contributed by atoms with van der Waals surface area (Å²) in [6, 6.07) is 8.99. The van der Waals surface area contributed by atoms with Gasteiger partial charge >= 0.3 is 0 Å². The zero-order chi connectivity index (χ0) is 17.1. The number of benzene rings is 1. The topological polar surface area (TPSA) is 63.5 Å². The zero-order valence-corrected chi connectivity index (χ0v) is 17.3. The molecule has 6 nitrogen and oxygen atoms in total. The summed E-state index contributed by atoms with van der Waals surface area (Å²) in [5, 5.41) is 6.94. The number of hydrogen-bond donors (Lipinski definition) is 2. The average molecular weight is 467 g/mol. The van der Waals surface area contributed by atoms with Gasteiger partial charge < -0.3 is 19.9 Å². The van der Waals surface area contributed by atoms with E-state index in [1.54, 1.807) is 6.20 Å². The van der Waals surface area contributed by atoms with Gasteiger partial charge in [-0.25, -0.2) is 4.98 Å². The third-order valence-corrected chi connectivity index (χ3v) is 5.03. The van der Waals surface area contributed by atoms with Gasteiger partial charge in [-0.2, -0.15) is 0 Å². The van der Waals surface area contributed by atoms with E-state index in [-0.39, 0.29) is 24.0 Å². The van der Waals surface area contributed by atoms with Crippen LogP contribution in [0.4, 0.5) is 0 Å². The molecule has 140 valence electrons. The smallest absolute Gasteiger partial charge is 0.191 e. The summed E-state index contributed by atoms with van der Waals surface area (Å²) in [5.74, 6) is 0.848. The molecule has 2 aliphatic rings. The van der Waals surface area contributed by atoms with Crippen molar-refractivity contribution in [2.45, 2.75) is 50.6 Å². The van der Waals surface area contributed by atoms with Gasteiger partial charge in [0, 0.05) is 32.5 Å². The van der Waals surface area contributed by atoms with E-state index in [1.165, 1.54) is 17.5 Å². The average Bonchev–Trinajstić information content (AvgIpc) is 3.37. The maximum Gasteiger partial charge on any atom is 0.191 e. The van der Waals surface area contributed by atoms with Gasteiger partial charge in [-0.1, -0.05) is 24.3 Å². The minimum Gasteiger partial charge on any atom is -0.373 e. The molecular formula is C19H26IN5O. The van der Waals surface area contributed by atoms with Crippen LogP contribution in [0.3, 0.4) is 0 Å². The highest BCUT2D eigenvalue weighted by Crippen LogP contribution is 2.34. The third kappa shape index (κ3) is 4.56. The molecule has 7 heteroatoms. The van der Waals surface area contributed by atoms with E-state index in [4.69, 9.17) is 4.74 Å². The highest BCUT2D eigenvalue weighted by molar-refractivity contribution is 14.0. The number of halogens is 1. The van der Waals surface area contributed by atoms with Crippen LogP contribution >= 0.6 is 24.0 Å². The number of guanidine groups is 1. The van der Waals surface area contributed by atoms with Gasteiger partial charge in [-0.05, 0) is 30.4 Å². The van der Waals surface area contributed by atoms with E-state index < -0.39 is 0 Å². The fourth-order valence-corrected chi connectivity index (χ4v) is 3.77. The molecule has 1 aromatic carbocycles. The molecule has 2 aliphatic heterocycles. The Balaban J connectivity index is 0.00000196. The van der Waals surface area contributed by atoms with Gasteiger partial charge in [0.15, 0.2) is 5.96 Å². The maximum atomic E-state index is 5.91. The van der Waals surface area contributed by atoms with E-state index in [9.17, 15) is 0 Å². The molecule has 26 heavy (non-hydrogen) atoms. The molecule has 3 atom stereocenters. The van der Waals surface area contributed by atoms with Gasteiger partial charge in [0.1, 0.15) is 0 Å². The van der Waals surface area contributed by atoms with E-state index in [0.29, 0.717) is 18.2 Å². The number of aromatic nitrogens is 2. The first-order valence-electron chi connectivity index (χ1n) is 8.96. The second-order valence-electron chi connectivity index (χ2n) is 6.84. The molecule has 0 spiro atoms. The summed E-state index contributed by atoms with van der Waals surface area (Å²) in [7, 11) is 1.82. The number of nitrogens with one attached hydrogen (secondary N) is 2. The normalized spacial score (nSPS) is 24.3. The number of fused-ring (bicyclic) bond motifs is 2. The van der Waals surface area contributed by atoms with Gasteiger partial charge in [-0.3, -0.25) is 4.99 Å². The van der Waals surface area contributed by atoms with Crippen molar-refractivity contribution in [3.8, 4) is 0 Å². The van der Waals surface area contributed by atoms with E-state index in [1.807, 2.05) is 19.6 Å². The molecule has 1 aromatic heterocycles. The molecular weight excluding hydrogens is 441 g/mol. The van der Waals surface area contributed by atoms with Crippen molar-refractivity contribution >= 4 is 29.9 Å². The van der Waals surface area contributed by atoms with Gasteiger partial charge in [-0.15, -0.1) is 24.0 Å². The summed E-state index contributed by atoms with van der Waals surface area (Å²) >= 11 is 0. The van der Waals surface area contributed by atoms with Crippen LogP contribution in [-0.2, 0) is 17.8 Å². The van der Waals surface area contributed by atoms with Crippen LogP contribution in [0, 0.1) is 0 Å². The predicted octanol–water partition coefficient (Wildman–Crippen LogP) is 2.53. The highest BCUT2D eigenvalue weighted by atomic mass is 127. The fraction of sp³-hybridized carbons (Fsp3) is 0.474. The van der Waals surface area contributed by atoms with Crippen molar-refractivity contribution < 1.29 is 4.74 Å². The Bertz CT molecular complexity index is 733. The van der Waals surface area contributed by atoms with Crippen molar-refractivity contribution in [1.29, 1.82) is 0 Å². The number of hydrogen-bond acceptors (Lipinski definition) is 3. The van der Waals surface area contributed by atoms with E-state index >= 15 is 0 Å². The second-order valence-corrected chi connectivity index (χ2v) is 6.84. The van der Waals surface area contributed by atoms with Crippen LogP contribution in [0.2, 0.25) is 0 Å². The first-order chi connectivity index (χ1) is 12.3. The Hall–Kier alpha value is -1.61. The van der Waals surface area contributed by atoms with Crippen LogP contribution in [0.5, 0.6) is 0 Å². The van der Waals surface area contributed by atoms with Gasteiger partial charge in [0.25, 0.3) is 0 Å². The maximum absolute atomic E-state index is 5.91. The van der Waals surface area contributed by atoms with Gasteiger partial charge in [0.05, 0.1) is 24.6 Å². The molecule has 3 heterocycles. The van der Waals surface area contributed by atoms with Crippen LogP contribution in [0.1, 0.15) is 30.4 Å². The number of aliphatic imine (C=N–C) groups is 1. The summed E-state index contributed by atoms with van der Waals surface area (Å²) in [4.78, 5) is 8.45. The van der Waals surface area contributed by atoms with Crippen molar-refractivity contribution in [2.24, 2.45) is 4.99 Å². The molecule has 2 aromatic rings. The molecule has 0 aliphatic carbocycles. The fourth-order valence-electron chi connectivity index (χ4n) is 3.77. The zero-order valence-electron chi connectivity index (χ0n) is 15.0. The minimum absolute atomic E-state index is 0. The Kier molecular flexibility index (Phi) is 6.53. The lowest BCUT2D eigenvalue weighted by Gasteiger charge is -2.22. The Morgan fingerprint density at radius 3 is 2.92 bits per heavy atom. The summed E-state index contributed by atoms with van der Waals surface area (Å²) < 4.78 is 7.98. The van der Waals surface area contributed by atoms with E-state index in [0.717, 1.165) is 31.9 Å². The summed E-state index contributed by atoms with van der Waals surface area (Å²) in [6.45, 7) is 1.59. The molecule has 2 bridgehead atoms. The lowest BCUT2D eigenvalue weighted by atomic mass is 9.96. The quantitative estimate of drug-likeness (QED) is 0.403.